The van der Waals surface area contributed by atoms with E-state index in [0.717, 1.165) is 32.6 Å². The zero-order chi connectivity index (χ0) is 9.10. The standard InChI is InChI=1S/C10H19NO2/c11-7-8-3-1-6-13-10(8)9-4-2-5-12-9/h8-10H,1-7,11H2. The van der Waals surface area contributed by atoms with Gasteiger partial charge >= 0.3 is 0 Å². The fourth-order valence-corrected chi connectivity index (χ4v) is 2.39. The molecule has 0 aromatic heterocycles. The molecule has 3 heteroatoms. The quantitative estimate of drug-likeness (QED) is 0.695. The zero-order valence-corrected chi connectivity index (χ0v) is 8.08. The average molecular weight is 185 g/mol. The molecule has 2 rings (SSSR count). The molecule has 76 valence electrons. The molecule has 2 aliphatic rings. The summed E-state index contributed by atoms with van der Waals surface area (Å²) < 4.78 is 11.4. The van der Waals surface area contributed by atoms with Crippen LogP contribution in [0, 0.1) is 5.92 Å². The van der Waals surface area contributed by atoms with Gasteiger partial charge in [0.05, 0.1) is 12.2 Å². The monoisotopic (exact) mass is 185 g/mol. The third kappa shape index (κ3) is 2.03. The van der Waals surface area contributed by atoms with Crippen LogP contribution in [0.5, 0.6) is 0 Å². The van der Waals surface area contributed by atoms with Crippen LogP contribution in [0.15, 0.2) is 0 Å². The summed E-state index contributed by atoms with van der Waals surface area (Å²) in [7, 11) is 0. The minimum Gasteiger partial charge on any atom is -0.376 e. The molecule has 0 aromatic carbocycles. The highest BCUT2D eigenvalue weighted by atomic mass is 16.5. The molecule has 2 N–H and O–H groups in total. The molecule has 0 radical (unpaired) electrons. The molecule has 0 bridgehead atoms. The number of rotatable bonds is 2. The minimum atomic E-state index is 0.279. The molecule has 0 spiro atoms. The van der Waals surface area contributed by atoms with Crippen molar-refractivity contribution >= 4 is 0 Å². The summed E-state index contributed by atoms with van der Waals surface area (Å²) in [5.74, 6) is 0.525. The Balaban J connectivity index is 1.93. The smallest absolute Gasteiger partial charge is 0.0876 e. The van der Waals surface area contributed by atoms with E-state index in [1.807, 2.05) is 0 Å². The van der Waals surface area contributed by atoms with Crippen LogP contribution in [0.3, 0.4) is 0 Å². The first kappa shape index (κ1) is 9.44. The highest BCUT2D eigenvalue weighted by molar-refractivity contribution is 4.84. The molecular weight excluding hydrogens is 166 g/mol. The topological polar surface area (TPSA) is 44.5 Å². The summed E-state index contributed by atoms with van der Waals surface area (Å²) in [6, 6.07) is 0. The van der Waals surface area contributed by atoms with E-state index in [0.29, 0.717) is 12.0 Å². The highest BCUT2D eigenvalue weighted by Gasteiger charge is 2.34. The third-order valence-electron chi connectivity index (χ3n) is 3.13. The molecule has 2 saturated heterocycles. The van der Waals surface area contributed by atoms with Gasteiger partial charge in [-0.05, 0) is 38.1 Å². The predicted octanol–water partition coefficient (Wildman–Crippen LogP) is 0.919. The predicted molar refractivity (Wildman–Crippen MR) is 50.5 cm³/mol. The van der Waals surface area contributed by atoms with Gasteiger partial charge in [-0.15, -0.1) is 0 Å². The Bertz CT molecular complexity index is 155. The van der Waals surface area contributed by atoms with E-state index in [9.17, 15) is 0 Å². The molecule has 2 fully saturated rings. The Morgan fingerprint density at radius 2 is 1.85 bits per heavy atom. The van der Waals surface area contributed by atoms with E-state index in [2.05, 4.69) is 0 Å². The summed E-state index contributed by atoms with van der Waals surface area (Å²) in [6.07, 6.45) is 5.31. The van der Waals surface area contributed by atoms with Gasteiger partial charge in [0.15, 0.2) is 0 Å². The molecule has 2 heterocycles. The van der Waals surface area contributed by atoms with Crippen molar-refractivity contribution in [2.75, 3.05) is 19.8 Å². The molecular formula is C10H19NO2. The second-order valence-electron chi connectivity index (χ2n) is 4.02. The van der Waals surface area contributed by atoms with Crippen molar-refractivity contribution in [3.8, 4) is 0 Å². The summed E-state index contributed by atoms with van der Waals surface area (Å²) in [5.41, 5.74) is 5.73. The number of nitrogens with two attached hydrogens (primary N) is 1. The number of ether oxygens (including phenoxy) is 2. The SMILES string of the molecule is NCC1CCCOC1C1CCCO1. The Labute approximate surface area is 79.6 Å². The lowest BCUT2D eigenvalue weighted by Gasteiger charge is -2.34. The first-order chi connectivity index (χ1) is 6.42. The van der Waals surface area contributed by atoms with E-state index >= 15 is 0 Å². The van der Waals surface area contributed by atoms with Gasteiger partial charge in [0.25, 0.3) is 0 Å². The van der Waals surface area contributed by atoms with Gasteiger partial charge < -0.3 is 15.2 Å². The summed E-state index contributed by atoms with van der Waals surface area (Å²) >= 11 is 0. The number of hydrogen-bond donors (Lipinski definition) is 1. The summed E-state index contributed by atoms with van der Waals surface area (Å²) in [5, 5.41) is 0. The minimum absolute atomic E-state index is 0.279. The normalized spacial score (nSPS) is 40.8. The van der Waals surface area contributed by atoms with Gasteiger partial charge in [-0.2, -0.15) is 0 Å². The van der Waals surface area contributed by atoms with Crippen molar-refractivity contribution in [1.82, 2.24) is 0 Å². The van der Waals surface area contributed by atoms with Crippen molar-refractivity contribution < 1.29 is 9.47 Å². The fourth-order valence-electron chi connectivity index (χ4n) is 2.39. The first-order valence-electron chi connectivity index (χ1n) is 5.35. The Morgan fingerprint density at radius 3 is 2.54 bits per heavy atom. The zero-order valence-electron chi connectivity index (χ0n) is 8.08. The van der Waals surface area contributed by atoms with Crippen LogP contribution in [-0.2, 0) is 9.47 Å². The maximum absolute atomic E-state index is 5.76. The lowest BCUT2D eigenvalue weighted by Crippen LogP contribution is -2.42. The van der Waals surface area contributed by atoms with Crippen molar-refractivity contribution in [1.29, 1.82) is 0 Å². The lowest BCUT2D eigenvalue weighted by molar-refractivity contribution is -0.0983. The molecule has 0 amide bonds. The molecule has 0 saturated carbocycles. The largest absolute Gasteiger partial charge is 0.376 e. The van der Waals surface area contributed by atoms with E-state index in [4.69, 9.17) is 15.2 Å². The van der Waals surface area contributed by atoms with E-state index in [1.54, 1.807) is 0 Å². The van der Waals surface area contributed by atoms with Crippen molar-refractivity contribution in [3.63, 3.8) is 0 Å². The van der Waals surface area contributed by atoms with Gasteiger partial charge in [-0.25, -0.2) is 0 Å². The van der Waals surface area contributed by atoms with Crippen LogP contribution in [-0.4, -0.2) is 32.0 Å². The fraction of sp³-hybridized carbons (Fsp3) is 1.00. The molecule has 0 aromatic rings. The van der Waals surface area contributed by atoms with Crippen LogP contribution < -0.4 is 5.73 Å². The number of hydrogen-bond acceptors (Lipinski definition) is 3. The van der Waals surface area contributed by atoms with E-state index < -0.39 is 0 Å². The van der Waals surface area contributed by atoms with Gasteiger partial charge in [0, 0.05) is 13.2 Å². The van der Waals surface area contributed by atoms with Gasteiger partial charge in [-0.3, -0.25) is 0 Å². The maximum Gasteiger partial charge on any atom is 0.0876 e. The van der Waals surface area contributed by atoms with Crippen LogP contribution in [0.2, 0.25) is 0 Å². The summed E-state index contributed by atoms with van der Waals surface area (Å²) in [6.45, 7) is 2.54. The van der Waals surface area contributed by atoms with Crippen LogP contribution >= 0.6 is 0 Å². The second-order valence-corrected chi connectivity index (χ2v) is 4.02. The van der Waals surface area contributed by atoms with Crippen molar-refractivity contribution in [3.05, 3.63) is 0 Å². The Morgan fingerprint density at radius 1 is 1.08 bits per heavy atom. The van der Waals surface area contributed by atoms with Crippen molar-refractivity contribution in [2.45, 2.75) is 37.9 Å². The van der Waals surface area contributed by atoms with Gasteiger partial charge in [-0.1, -0.05) is 0 Å². The molecule has 3 nitrogen and oxygen atoms in total. The van der Waals surface area contributed by atoms with Crippen LogP contribution in [0.4, 0.5) is 0 Å². The average Bonchev–Trinajstić information content (AvgIpc) is 2.70. The molecule has 13 heavy (non-hydrogen) atoms. The summed E-state index contributed by atoms with van der Waals surface area (Å²) in [4.78, 5) is 0. The van der Waals surface area contributed by atoms with Gasteiger partial charge in [0.1, 0.15) is 0 Å². The maximum atomic E-state index is 5.76. The van der Waals surface area contributed by atoms with Crippen LogP contribution in [0.25, 0.3) is 0 Å². The third-order valence-corrected chi connectivity index (χ3v) is 3.13. The first-order valence-corrected chi connectivity index (χ1v) is 5.35. The Hall–Kier alpha value is -0.120. The molecule has 3 atom stereocenters. The van der Waals surface area contributed by atoms with Crippen molar-refractivity contribution in [2.24, 2.45) is 11.7 Å². The second kappa shape index (κ2) is 4.40. The van der Waals surface area contributed by atoms with E-state index in [-0.39, 0.29) is 6.10 Å². The molecule has 3 unspecified atom stereocenters. The van der Waals surface area contributed by atoms with E-state index in [1.165, 1.54) is 12.8 Å². The highest BCUT2D eigenvalue weighted by Crippen LogP contribution is 2.28. The molecule has 2 aliphatic heterocycles. The Kier molecular flexibility index (Phi) is 3.19. The van der Waals surface area contributed by atoms with Gasteiger partial charge in [0.2, 0.25) is 0 Å². The molecule has 0 aliphatic carbocycles. The van der Waals surface area contributed by atoms with Crippen LogP contribution in [0.1, 0.15) is 25.7 Å². The lowest BCUT2D eigenvalue weighted by atomic mass is 9.90.